The zero-order valence-corrected chi connectivity index (χ0v) is 13.8. The average molecular weight is 315 g/mol. The number of amides is 1. The fraction of sp³-hybridized carbons (Fsp3) is 0.353. The van der Waals surface area contributed by atoms with Crippen molar-refractivity contribution in [2.75, 3.05) is 0 Å². The van der Waals surface area contributed by atoms with Crippen molar-refractivity contribution in [3.05, 3.63) is 47.3 Å². The summed E-state index contributed by atoms with van der Waals surface area (Å²) in [5, 5.41) is 16.1. The van der Waals surface area contributed by atoms with Gasteiger partial charge < -0.3 is 10.4 Å². The summed E-state index contributed by atoms with van der Waals surface area (Å²) in [6.45, 7) is 7.04. The number of carbonyl (C=O) groups is 2. The van der Waals surface area contributed by atoms with Gasteiger partial charge in [-0.3, -0.25) is 4.79 Å². The van der Waals surface area contributed by atoms with E-state index in [4.69, 9.17) is 0 Å². The first kappa shape index (κ1) is 16.7. The monoisotopic (exact) mass is 315 g/mol. The second-order valence-electron chi connectivity index (χ2n) is 5.86. The first-order valence-corrected chi connectivity index (χ1v) is 7.46. The van der Waals surface area contributed by atoms with Crippen LogP contribution in [0, 0.1) is 13.8 Å². The third-order valence-corrected chi connectivity index (χ3v) is 3.97. The van der Waals surface area contributed by atoms with E-state index in [1.165, 1.54) is 6.92 Å². The summed E-state index contributed by atoms with van der Waals surface area (Å²) in [7, 11) is 0. The minimum Gasteiger partial charge on any atom is -0.480 e. The molecular weight excluding hydrogens is 294 g/mol. The SMILES string of the molecule is CCC(C)(NC(=O)c1cc(C)n(-c2ccc(C)cc2)n1)C(=O)O. The number of nitrogens with one attached hydrogen (secondary N) is 1. The number of aromatic nitrogens is 2. The van der Waals surface area contributed by atoms with Crippen LogP contribution in [0.2, 0.25) is 0 Å². The lowest BCUT2D eigenvalue weighted by Crippen LogP contribution is -2.51. The van der Waals surface area contributed by atoms with Crippen LogP contribution in [-0.2, 0) is 4.79 Å². The fourth-order valence-electron chi connectivity index (χ4n) is 2.14. The van der Waals surface area contributed by atoms with Crippen molar-refractivity contribution >= 4 is 11.9 Å². The quantitative estimate of drug-likeness (QED) is 0.887. The predicted molar refractivity (Wildman–Crippen MR) is 86.8 cm³/mol. The van der Waals surface area contributed by atoms with Gasteiger partial charge >= 0.3 is 5.97 Å². The Morgan fingerprint density at radius 1 is 1.26 bits per heavy atom. The number of nitrogens with zero attached hydrogens (tertiary/aromatic N) is 2. The van der Waals surface area contributed by atoms with Crippen molar-refractivity contribution in [1.29, 1.82) is 0 Å². The fourth-order valence-corrected chi connectivity index (χ4v) is 2.14. The zero-order chi connectivity index (χ0) is 17.2. The number of benzene rings is 1. The van der Waals surface area contributed by atoms with E-state index >= 15 is 0 Å². The van der Waals surface area contributed by atoms with E-state index in [0.29, 0.717) is 0 Å². The standard InChI is InChI=1S/C17H21N3O3/c1-5-17(4,16(22)23)18-15(21)14-10-12(3)20(19-14)13-8-6-11(2)7-9-13/h6-10H,5H2,1-4H3,(H,18,21)(H,22,23). The van der Waals surface area contributed by atoms with Crippen LogP contribution in [0.5, 0.6) is 0 Å². The van der Waals surface area contributed by atoms with E-state index in [2.05, 4.69) is 10.4 Å². The van der Waals surface area contributed by atoms with Gasteiger partial charge in [0.15, 0.2) is 5.69 Å². The Hall–Kier alpha value is -2.63. The van der Waals surface area contributed by atoms with E-state index in [1.807, 2.05) is 38.1 Å². The molecule has 2 aromatic rings. The molecule has 1 amide bonds. The molecule has 1 aromatic carbocycles. The number of aliphatic carboxylic acids is 1. The Kier molecular flexibility index (Phi) is 4.54. The molecule has 6 heteroatoms. The summed E-state index contributed by atoms with van der Waals surface area (Å²) in [6.07, 6.45) is 0.283. The summed E-state index contributed by atoms with van der Waals surface area (Å²) >= 11 is 0. The van der Waals surface area contributed by atoms with Gasteiger partial charge in [0.25, 0.3) is 5.91 Å². The number of rotatable bonds is 5. The van der Waals surface area contributed by atoms with Gasteiger partial charge in [0.2, 0.25) is 0 Å². The molecule has 6 nitrogen and oxygen atoms in total. The topological polar surface area (TPSA) is 84.2 Å². The zero-order valence-electron chi connectivity index (χ0n) is 13.8. The first-order chi connectivity index (χ1) is 10.8. The lowest BCUT2D eigenvalue weighted by Gasteiger charge is -2.23. The van der Waals surface area contributed by atoms with Crippen LogP contribution in [0.25, 0.3) is 5.69 Å². The molecule has 2 rings (SSSR count). The maximum absolute atomic E-state index is 12.3. The molecule has 0 aliphatic heterocycles. The minimum absolute atomic E-state index is 0.198. The molecule has 1 unspecified atom stereocenters. The maximum Gasteiger partial charge on any atom is 0.329 e. The Morgan fingerprint density at radius 3 is 2.39 bits per heavy atom. The Labute approximate surface area is 135 Å². The predicted octanol–water partition coefficient (Wildman–Crippen LogP) is 2.47. The van der Waals surface area contributed by atoms with Crippen molar-refractivity contribution in [1.82, 2.24) is 15.1 Å². The summed E-state index contributed by atoms with van der Waals surface area (Å²) < 4.78 is 1.67. The van der Waals surface area contributed by atoms with Gasteiger partial charge in [0.1, 0.15) is 5.54 Å². The summed E-state index contributed by atoms with van der Waals surface area (Å²) in [6, 6.07) is 9.42. The third kappa shape index (κ3) is 3.41. The highest BCUT2D eigenvalue weighted by atomic mass is 16.4. The van der Waals surface area contributed by atoms with Gasteiger partial charge in [-0.05, 0) is 45.4 Å². The molecule has 23 heavy (non-hydrogen) atoms. The second-order valence-corrected chi connectivity index (χ2v) is 5.86. The van der Waals surface area contributed by atoms with Crippen molar-refractivity contribution < 1.29 is 14.7 Å². The number of hydrogen-bond acceptors (Lipinski definition) is 3. The van der Waals surface area contributed by atoms with E-state index in [9.17, 15) is 14.7 Å². The lowest BCUT2D eigenvalue weighted by atomic mass is 9.99. The molecule has 0 bridgehead atoms. The van der Waals surface area contributed by atoms with Crippen LogP contribution in [-0.4, -0.2) is 32.3 Å². The second kappa shape index (κ2) is 6.24. The van der Waals surface area contributed by atoms with Crippen LogP contribution < -0.4 is 5.32 Å². The number of carboxylic acid groups (broad SMARTS) is 1. The third-order valence-electron chi connectivity index (χ3n) is 3.97. The number of hydrogen-bond donors (Lipinski definition) is 2. The molecule has 2 N–H and O–H groups in total. The summed E-state index contributed by atoms with van der Waals surface area (Å²) in [5.41, 5.74) is 1.68. The lowest BCUT2D eigenvalue weighted by molar-refractivity contribution is -0.143. The largest absolute Gasteiger partial charge is 0.480 e. The maximum atomic E-state index is 12.3. The molecular formula is C17H21N3O3. The Balaban J connectivity index is 2.28. The number of carbonyl (C=O) groups excluding carboxylic acids is 1. The molecule has 122 valence electrons. The molecule has 1 atom stereocenters. The molecule has 0 saturated heterocycles. The molecule has 0 aliphatic carbocycles. The smallest absolute Gasteiger partial charge is 0.329 e. The highest BCUT2D eigenvalue weighted by Gasteiger charge is 2.33. The molecule has 1 heterocycles. The van der Waals surface area contributed by atoms with Crippen molar-refractivity contribution in [2.24, 2.45) is 0 Å². The van der Waals surface area contributed by atoms with Gasteiger partial charge in [0, 0.05) is 5.69 Å². The molecule has 0 spiro atoms. The van der Waals surface area contributed by atoms with Gasteiger partial charge in [-0.25, -0.2) is 9.48 Å². The molecule has 1 aromatic heterocycles. The molecule has 0 radical (unpaired) electrons. The summed E-state index contributed by atoms with van der Waals surface area (Å²) in [4.78, 5) is 23.6. The highest BCUT2D eigenvalue weighted by molar-refractivity contribution is 5.96. The highest BCUT2D eigenvalue weighted by Crippen LogP contribution is 2.15. The summed E-state index contributed by atoms with van der Waals surface area (Å²) in [5.74, 6) is -1.56. The van der Waals surface area contributed by atoms with Crippen LogP contribution in [0.4, 0.5) is 0 Å². The van der Waals surface area contributed by atoms with Crippen LogP contribution >= 0.6 is 0 Å². The Bertz CT molecular complexity index is 734. The number of carboxylic acids is 1. The first-order valence-electron chi connectivity index (χ1n) is 7.46. The molecule has 0 saturated carbocycles. The minimum atomic E-state index is -1.31. The van der Waals surface area contributed by atoms with E-state index in [1.54, 1.807) is 17.7 Å². The molecule has 0 aliphatic rings. The van der Waals surface area contributed by atoms with Gasteiger partial charge in [0.05, 0.1) is 5.69 Å². The van der Waals surface area contributed by atoms with E-state index < -0.39 is 17.4 Å². The number of aryl methyl sites for hydroxylation is 2. The van der Waals surface area contributed by atoms with Crippen LogP contribution in [0.1, 0.15) is 42.0 Å². The normalized spacial score (nSPS) is 13.4. The van der Waals surface area contributed by atoms with E-state index in [-0.39, 0.29) is 12.1 Å². The van der Waals surface area contributed by atoms with E-state index in [0.717, 1.165) is 16.9 Å². The van der Waals surface area contributed by atoms with Crippen LogP contribution in [0.15, 0.2) is 30.3 Å². The van der Waals surface area contributed by atoms with Gasteiger partial charge in [-0.15, -0.1) is 0 Å². The van der Waals surface area contributed by atoms with Gasteiger partial charge in [-0.1, -0.05) is 24.6 Å². The molecule has 0 fully saturated rings. The van der Waals surface area contributed by atoms with Crippen LogP contribution in [0.3, 0.4) is 0 Å². The van der Waals surface area contributed by atoms with Crippen molar-refractivity contribution in [2.45, 2.75) is 39.7 Å². The Morgan fingerprint density at radius 2 is 1.87 bits per heavy atom. The van der Waals surface area contributed by atoms with Gasteiger partial charge in [-0.2, -0.15) is 5.10 Å². The van der Waals surface area contributed by atoms with Crippen molar-refractivity contribution in [3.8, 4) is 5.69 Å². The van der Waals surface area contributed by atoms with Crippen molar-refractivity contribution in [3.63, 3.8) is 0 Å². The average Bonchev–Trinajstić information content (AvgIpc) is 2.90.